The second-order valence-electron chi connectivity index (χ2n) is 9.11. The molecule has 2 aliphatic rings. The normalized spacial score (nSPS) is 21.6. The summed E-state index contributed by atoms with van der Waals surface area (Å²) in [5.74, 6) is -2.45. The SMILES string of the molecule is Cc1ccnc(N2CCC(N3C[C@H](C)OC[C@@H]3Cc3ccc(Cl)cc3)CC2)c1F.O=C(O)C(F)(F)F. The zero-order chi connectivity index (χ0) is 26.5. The number of hydrogen-bond acceptors (Lipinski definition) is 5. The van der Waals surface area contributed by atoms with Crippen molar-refractivity contribution in [2.45, 2.75) is 57.5 Å². The summed E-state index contributed by atoms with van der Waals surface area (Å²) in [5.41, 5.74) is 1.94. The van der Waals surface area contributed by atoms with Gasteiger partial charge in [0.05, 0.1) is 12.7 Å². The number of morpholine rings is 1. The summed E-state index contributed by atoms with van der Waals surface area (Å²) in [5, 5.41) is 7.89. The van der Waals surface area contributed by atoms with Crippen LogP contribution in [0.2, 0.25) is 5.02 Å². The van der Waals surface area contributed by atoms with Gasteiger partial charge in [0.1, 0.15) is 0 Å². The van der Waals surface area contributed by atoms with Gasteiger partial charge < -0.3 is 14.7 Å². The molecular weight excluding hydrogens is 502 g/mol. The zero-order valence-electron chi connectivity index (χ0n) is 20.1. The molecule has 0 bridgehead atoms. The Hall–Kier alpha value is -2.43. The first-order valence-corrected chi connectivity index (χ1v) is 12.1. The van der Waals surface area contributed by atoms with Crippen molar-refractivity contribution in [2.24, 2.45) is 0 Å². The highest BCUT2D eigenvalue weighted by atomic mass is 35.5. The van der Waals surface area contributed by atoms with Gasteiger partial charge in [0.25, 0.3) is 0 Å². The number of aliphatic carboxylic acids is 1. The van der Waals surface area contributed by atoms with Crippen molar-refractivity contribution in [1.82, 2.24) is 9.88 Å². The largest absolute Gasteiger partial charge is 0.490 e. The Balaban J connectivity index is 0.000000454. The van der Waals surface area contributed by atoms with Crippen molar-refractivity contribution in [3.8, 4) is 0 Å². The summed E-state index contributed by atoms with van der Waals surface area (Å²) in [7, 11) is 0. The molecule has 6 nitrogen and oxygen atoms in total. The molecule has 0 amide bonds. The average Bonchev–Trinajstić information content (AvgIpc) is 2.83. The van der Waals surface area contributed by atoms with Crippen LogP contribution in [0.1, 0.15) is 30.9 Å². The van der Waals surface area contributed by atoms with Crippen LogP contribution in [-0.2, 0) is 16.0 Å². The molecule has 3 heterocycles. The van der Waals surface area contributed by atoms with E-state index in [0.717, 1.165) is 50.5 Å². The van der Waals surface area contributed by atoms with Crippen LogP contribution in [0.15, 0.2) is 36.5 Å². The van der Waals surface area contributed by atoms with E-state index in [1.54, 1.807) is 19.2 Å². The molecule has 198 valence electrons. The third kappa shape index (κ3) is 7.54. The second-order valence-corrected chi connectivity index (χ2v) is 9.55. The first-order chi connectivity index (χ1) is 17.0. The number of nitrogens with zero attached hydrogens (tertiary/aromatic N) is 3. The minimum absolute atomic E-state index is 0.188. The summed E-state index contributed by atoms with van der Waals surface area (Å²) in [6.07, 6.45) is -0.160. The van der Waals surface area contributed by atoms with Crippen LogP contribution in [0.3, 0.4) is 0 Å². The highest BCUT2D eigenvalue weighted by Gasteiger charge is 2.38. The number of benzene rings is 1. The minimum atomic E-state index is -5.08. The summed E-state index contributed by atoms with van der Waals surface area (Å²) in [6.45, 7) is 7.30. The van der Waals surface area contributed by atoms with Gasteiger partial charge >= 0.3 is 12.1 Å². The number of alkyl halides is 3. The summed E-state index contributed by atoms with van der Waals surface area (Å²) >= 11 is 6.04. The molecule has 1 aromatic carbocycles. The molecule has 0 spiro atoms. The van der Waals surface area contributed by atoms with Crippen molar-refractivity contribution in [3.63, 3.8) is 0 Å². The number of piperidine rings is 1. The Labute approximate surface area is 212 Å². The van der Waals surface area contributed by atoms with E-state index in [9.17, 15) is 17.6 Å². The number of pyridine rings is 1. The molecule has 2 aromatic rings. The van der Waals surface area contributed by atoms with Crippen molar-refractivity contribution in [3.05, 3.63) is 58.5 Å². The van der Waals surface area contributed by atoms with Crippen LogP contribution in [0.4, 0.5) is 23.4 Å². The van der Waals surface area contributed by atoms with Gasteiger partial charge in [-0.25, -0.2) is 14.2 Å². The maximum Gasteiger partial charge on any atom is 0.490 e. The van der Waals surface area contributed by atoms with Crippen molar-refractivity contribution < 1.29 is 32.2 Å². The number of carboxylic acid groups (broad SMARTS) is 1. The predicted molar refractivity (Wildman–Crippen MR) is 129 cm³/mol. The highest BCUT2D eigenvalue weighted by molar-refractivity contribution is 6.30. The number of aryl methyl sites for hydroxylation is 1. The summed E-state index contributed by atoms with van der Waals surface area (Å²) < 4.78 is 52.2. The predicted octanol–water partition coefficient (Wildman–Crippen LogP) is 5.12. The van der Waals surface area contributed by atoms with Gasteiger partial charge in [-0.2, -0.15) is 13.2 Å². The Morgan fingerprint density at radius 1 is 1.19 bits per heavy atom. The van der Waals surface area contributed by atoms with Gasteiger partial charge in [-0.1, -0.05) is 23.7 Å². The lowest BCUT2D eigenvalue weighted by atomic mass is 9.96. The third-order valence-electron chi connectivity index (χ3n) is 6.43. The maximum atomic E-state index is 14.5. The number of anilines is 1. The fourth-order valence-electron chi connectivity index (χ4n) is 4.54. The van der Waals surface area contributed by atoms with E-state index >= 15 is 0 Å². The molecule has 2 atom stereocenters. The van der Waals surface area contributed by atoms with Crippen LogP contribution in [0.5, 0.6) is 0 Å². The number of ether oxygens (including phenoxy) is 1. The number of halogens is 5. The molecule has 1 N–H and O–H groups in total. The fraction of sp³-hybridized carbons (Fsp3) is 0.520. The second kappa shape index (κ2) is 12.2. The van der Waals surface area contributed by atoms with Crippen LogP contribution in [-0.4, -0.2) is 71.6 Å². The van der Waals surface area contributed by atoms with E-state index in [1.165, 1.54) is 5.56 Å². The molecule has 2 saturated heterocycles. The number of hydrogen-bond donors (Lipinski definition) is 1. The van der Waals surface area contributed by atoms with Crippen LogP contribution >= 0.6 is 11.6 Å². The number of rotatable bonds is 4. The van der Waals surface area contributed by atoms with E-state index in [1.807, 2.05) is 12.1 Å². The van der Waals surface area contributed by atoms with Crippen molar-refractivity contribution in [1.29, 1.82) is 0 Å². The number of aromatic nitrogens is 1. The van der Waals surface area contributed by atoms with Gasteiger partial charge in [0.2, 0.25) is 0 Å². The lowest BCUT2D eigenvalue weighted by Gasteiger charge is -2.46. The standard InChI is InChI=1S/C23H29ClFN3O.C2HF3O2/c1-16-7-10-26-23(22(16)25)27-11-8-20(9-12-27)28-14-17(2)29-15-21(28)13-18-3-5-19(24)6-4-18;3-2(4,5)1(6)7/h3-7,10,17,20-21H,8-9,11-15H2,1-2H3;(H,6,7)/t17-,21-;/m0./s1. The van der Waals surface area contributed by atoms with Gasteiger partial charge in [-0.3, -0.25) is 4.90 Å². The van der Waals surface area contributed by atoms with Gasteiger partial charge in [-0.15, -0.1) is 0 Å². The topological polar surface area (TPSA) is 65.9 Å². The molecule has 11 heteroatoms. The van der Waals surface area contributed by atoms with Gasteiger partial charge in [0, 0.05) is 42.9 Å². The number of carbonyl (C=O) groups is 1. The molecular formula is C25H30ClF4N3O3. The minimum Gasteiger partial charge on any atom is -0.475 e. The molecule has 36 heavy (non-hydrogen) atoms. The Kier molecular flexibility index (Phi) is 9.54. The average molecular weight is 532 g/mol. The Morgan fingerprint density at radius 2 is 1.81 bits per heavy atom. The smallest absolute Gasteiger partial charge is 0.475 e. The van der Waals surface area contributed by atoms with E-state index in [4.69, 9.17) is 26.2 Å². The maximum absolute atomic E-state index is 14.5. The quantitative estimate of drug-likeness (QED) is 0.553. The Bertz CT molecular complexity index is 1010. The number of carboxylic acids is 1. The van der Waals surface area contributed by atoms with Gasteiger partial charge in [0.15, 0.2) is 11.6 Å². The molecule has 1 aromatic heterocycles. The molecule has 2 aliphatic heterocycles. The lowest BCUT2D eigenvalue weighted by molar-refractivity contribution is -0.192. The van der Waals surface area contributed by atoms with E-state index in [-0.39, 0.29) is 11.9 Å². The van der Waals surface area contributed by atoms with Crippen molar-refractivity contribution in [2.75, 3.05) is 31.1 Å². The van der Waals surface area contributed by atoms with Crippen LogP contribution < -0.4 is 4.90 Å². The van der Waals surface area contributed by atoms with Gasteiger partial charge in [-0.05, 0) is 62.4 Å². The molecule has 0 aliphatic carbocycles. The Morgan fingerprint density at radius 3 is 2.39 bits per heavy atom. The van der Waals surface area contributed by atoms with Crippen LogP contribution in [0, 0.1) is 12.7 Å². The van der Waals surface area contributed by atoms with Crippen molar-refractivity contribution >= 4 is 23.4 Å². The van der Waals surface area contributed by atoms with E-state index in [0.29, 0.717) is 23.5 Å². The summed E-state index contributed by atoms with van der Waals surface area (Å²) in [4.78, 5) is 17.9. The summed E-state index contributed by atoms with van der Waals surface area (Å²) in [6, 6.07) is 10.7. The molecule has 0 saturated carbocycles. The van der Waals surface area contributed by atoms with E-state index in [2.05, 4.69) is 33.8 Å². The fourth-order valence-corrected chi connectivity index (χ4v) is 4.67. The molecule has 0 radical (unpaired) electrons. The monoisotopic (exact) mass is 531 g/mol. The zero-order valence-corrected chi connectivity index (χ0v) is 20.9. The highest BCUT2D eigenvalue weighted by Crippen LogP contribution is 2.28. The first kappa shape index (κ1) is 28.1. The van der Waals surface area contributed by atoms with Crippen LogP contribution in [0.25, 0.3) is 0 Å². The van der Waals surface area contributed by atoms with E-state index < -0.39 is 12.1 Å². The third-order valence-corrected chi connectivity index (χ3v) is 6.69. The lowest BCUT2D eigenvalue weighted by Crippen LogP contribution is -2.56. The molecule has 0 unspecified atom stereocenters. The molecule has 4 rings (SSSR count). The molecule has 2 fully saturated rings. The first-order valence-electron chi connectivity index (χ1n) is 11.7.